The molecule has 172 valence electrons. The van der Waals surface area contributed by atoms with Gasteiger partial charge in [0.15, 0.2) is 5.96 Å². The van der Waals surface area contributed by atoms with E-state index < -0.39 is 0 Å². The maximum absolute atomic E-state index is 12.7. The van der Waals surface area contributed by atoms with E-state index >= 15 is 0 Å². The van der Waals surface area contributed by atoms with Crippen molar-refractivity contribution in [3.05, 3.63) is 35.9 Å². The lowest BCUT2D eigenvalue weighted by Gasteiger charge is -2.26. The number of carbonyl (C=O) groups is 2. The highest BCUT2D eigenvalue weighted by molar-refractivity contribution is 14.0. The zero-order valence-corrected chi connectivity index (χ0v) is 20.8. The predicted molar refractivity (Wildman–Crippen MR) is 135 cm³/mol. The molecule has 1 unspecified atom stereocenters. The number of rotatable bonds is 7. The SMILES string of the molecule is CN=C(NCC(=O)NCCc1ccccc1)NC1CCN(C(=O)C2CCCCC2)C1.I. The number of nitrogens with zero attached hydrogens (tertiary/aromatic N) is 2. The molecule has 8 heteroatoms. The Morgan fingerprint density at radius 2 is 1.81 bits per heavy atom. The summed E-state index contributed by atoms with van der Waals surface area (Å²) in [6.45, 7) is 2.28. The fourth-order valence-electron chi connectivity index (χ4n) is 4.29. The molecular formula is C23H36IN5O2. The van der Waals surface area contributed by atoms with E-state index in [4.69, 9.17) is 0 Å². The largest absolute Gasteiger partial charge is 0.354 e. The second-order valence-corrected chi connectivity index (χ2v) is 8.26. The van der Waals surface area contributed by atoms with Crippen LogP contribution in [0.15, 0.2) is 35.3 Å². The molecule has 1 aliphatic heterocycles. The third-order valence-corrected chi connectivity index (χ3v) is 6.01. The second-order valence-electron chi connectivity index (χ2n) is 8.26. The summed E-state index contributed by atoms with van der Waals surface area (Å²) in [6, 6.07) is 10.3. The molecule has 1 saturated carbocycles. The number of hydrogen-bond donors (Lipinski definition) is 3. The average molecular weight is 541 g/mol. The number of nitrogens with one attached hydrogen (secondary N) is 3. The summed E-state index contributed by atoms with van der Waals surface area (Å²) in [4.78, 5) is 31.0. The van der Waals surface area contributed by atoms with Crippen LogP contribution in [0, 0.1) is 5.92 Å². The van der Waals surface area contributed by atoms with Gasteiger partial charge in [-0.15, -0.1) is 24.0 Å². The first-order chi connectivity index (χ1) is 14.7. The third-order valence-electron chi connectivity index (χ3n) is 6.01. The Kier molecular flexibility index (Phi) is 11.1. The number of amides is 2. The summed E-state index contributed by atoms with van der Waals surface area (Å²) in [6.07, 6.45) is 7.41. The summed E-state index contributed by atoms with van der Waals surface area (Å²) < 4.78 is 0. The van der Waals surface area contributed by atoms with Crippen LogP contribution in [-0.2, 0) is 16.0 Å². The standard InChI is InChI=1S/C23H35N5O2.HI/c1-24-23(26-16-21(29)25-14-12-18-8-4-2-5-9-18)27-20-13-15-28(17-20)22(30)19-10-6-3-7-11-19;/h2,4-5,8-9,19-20H,3,6-7,10-17H2,1H3,(H,25,29)(H2,24,26,27);1H. The van der Waals surface area contributed by atoms with E-state index in [1.807, 2.05) is 23.1 Å². The van der Waals surface area contributed by atoms with Gasteiger partial charge in [0.1, 0.15) is 0 Å². The highest BCUT2D eigenvalue weighted by atomic mass is 127. The van der Waals surface area contributed by atoms with Gasteiger partial charge in [0.2, 0.25) is 11.8 Å². The zero-order chi connectivity index (χ0) is 21.2. The molecule has 2 aliphatic rings. The van der Waals surface area contributed by atoms with Crippen molar-refractivity contribution in [2.24, 2.45) is 10.9 Å². The van der Waals surface area contributed by atoms with Crippen LogP contribution in [0.1, 0.15) is 44.1 Å². The van der Waals surface area contributed by atoms with E-state index in [0.717, 1.165) is 32.2 Å². The molecule has 1 saturated heterocycles. The molecule has 1 aromatic rings. The van der Waals surface area contributed by atoms with Crippen LogP contribution in [0.3, 0.4) is 0 Å². The number of likely N-dealkylation sites (tertiary alicyclic amines) is 1. The number of carbonyl (C=O) groups excluding carboxylic acids is 2. The maximum Gasteiger partial charge on any atom is 0.239 e. The van der Waals surface area contributed by atoms with E-state index in [1.54, 1.807) is 7.05 Å². The molecule has 3 N–H and O–H groups in total. The summed E-state index contributed by atoms with van der Waals surface area (Å²) in [5, 5.41) is 9.36. The Bertz CT molecular complexity index is 722. The minimum Gasteiger partial charge on any atom is -0.354 e. The molecule has 7 nitrogen and oxygen atoms in total. The van der Waals surface area contributed by atoms with Gasteiger partial charge in [0, 0.05) is 38.6 Å². The second kappa shape index (κ2) is 13.5. The molecular weight excluding hydrogens is 505 g/mol. The lowest BCUT2D eigenvalue weighted by Crippen LogP contribution is -2.48. The maximum atomic E-state index is 12.7. The van der Waals surface area contributed by atoms with E-state index in [2.05, 4.69) is 33.1 Å². The Balaban J connectivity index is 0.00000341. The van der Waals surface area contributed by atoms with Crippen LogP contribution in [0.2, 0.25) is 0 Å². The van der Waals surface area contributed by atoms with Gasteiger partial charge in [-0.05, 0) is 31.2 Å². The van der Waals surface area contributed by atoms with Crippen molar-refractivity contribution in [2.75, 3.05) is 33.2 Å². The number of aliphatic imine (C=N–C) groups is 1. The first-order valence-corrected chi connectivity index (χ1v) is 11.2. The quantitative estimate of drug-likeness (QED) is 0.281. The topological polar surface area (TPSA) is 85.8 Å². The van der Waals surface area contributed by atoms with E-state index in [0.29, 0.717) is 25.0 Å². The molecule has 1 atom stereocenters. The molecule has 1 heterocycles. The van der Waals surface area contributed by atoms with Gasteiger partial charge >= 0.3 is 0 Å². The van der Waals surface area contributed by atoms with Gasteiger partial charge in [-0.25, -0.2) is 0 Å². The van der Waals surface area contributed by atoms with Crippen molar-refractivity contribution >= 4 is 41.8 Å². The normalized spacial score (nSPS) is 19.5. The van der Waals surface area contributed by atoms with Crippen molar-refractivity contribution in [2.45, 2.75) is 51.0 Å². The zero-order valence-electron chi connectivity index (χ0n) is 18.4. The summed E-state index contributed by atoms with van der Waals surface area (Å²) in [7, 11) is 1.70. The molecule has 0 spiro atoms. The van der Waals surface area contributed by atoms with Crippen molar-refractivity contribution < 1.29 is 9.59 Å². The molecule has 3 rings (SSSR count). The number of halogens is 1. The number of benzene rings is 1. The molecule has 0 aromatic heterocycles. The van der Waals surface area contributed by atoms with Crippen LogP contribution in [-0.4, -0.2) is 61.9 Å². The first kappa shape index (κ1) is 25.4. The summed E-state index contributed by atoms with van der Waals surface area (Å²) in [5.41, 5.74) is 1.21. The molecule has 31 heavy (non-hydrogen) atoms. The molecule has 1 aliphatic carbocycles. The van der Waals surface area contributed by atoms with E-state index in [9.17, 15) is 9.59 Å². The van der Waals surface area contributed by atoms with Crippen molar-refractivity contribution in [3.8, 4) is 0 Å². The van der Waals surface area contributed by atoms with Crippen LogP contribution in [0.4, 0.5) is 0 Å². The van der Waals surface area contributed by atoms with Crippen LogP contribution < -0.4 is 16.0 Å². The first-order valence-electron chi connectivity index (χ1n) is 11.2. The predicted octanol–water partition coefficient (Wildman–Crippen LogP) is 2.31. The Morgan fingerprint density at radius 3 is 2.52 bits per heavy atom. The molecule has 0 bridgehead atoms. The minimum absolute atomic E-state index is 0. The molecule has 1 aromatic carbocycles. The van der Waals surface area contributed by atoms with Gasteiger partial charge in [-0.3, -0.25) is 14.6 Å². The average Bonchev–Trinajstić information content (AvgIpc) is 3.26. The Hall–Kier alpha value is -1.84. The van der Waals surface area contributed by atoms with E-state index in [-0.39, 0.29) is 48.4 Å². The lowest BCUT2D eigenvalue weighted by molar-refractivity contribution is -0.135. The van der Waals surface area contributed by atoms with Crippen LogP contribution in [0.25, 0.3) is 0 Å². The molecule has 2 fully saturated rings. The van der Waals surface area contributed by atoms with Gasteiger partial charge in [-0.2, -0.15) is 0 Å². The van der Waals surface area contributed by atoms with Crippen molar-refractivity contribution in [1.29, 1.82) is 0 Å². The number of guanidine groups is 1. The highest BCUT2D eigenvalue weighted by Crippen LogP contribution is 2.26. The fourth-order valence-corrected chi connectivity index (χ4v) is 4.29. The third kappa shape index (κ3) is 8.31. The molecule has 0 radical (unpaired) electrons. The number of hydrogen-bond acceptors (Lipinski definition) is 3. The monoisotopic (exact) mass is 541 g/mol. The van der Waals surface area contributed by atoms with Gasteiger partial charge in [-0.1, -0.05) is 49.6 Å². The van der Waals surface area contributed by atoms with Crippen molar-refractivity contribution in [3.63, 3.8) is 0 Å². The van der Waals surface area contributed by atoms with Crippen LogP contribution in [0.5, 0.6) is 0 Å². The van der Waals surface area contributed by atoms with E-state index in [1.165, 1.54) is 24.8 Å². The fraction of sp³-hybridized carbons (Fsp3) is 0.609. The van der Waals surface area contributed by atoms with Crippen LogP contribution >= 0.6 is 24.0 Å². The Morgan fingerprint density at radius 1 is 1.06 bits per heavy atom. The smallest absolute Gasteiger partial charge is 0.239 e. The summed E-state index contributed by atoms with van der Waals surface area (Å²) >= 11 is 0. The summed E-state index contributed by atoms with van der Waals surface area (Å²) in [5.74, 6) is 1.08. The van der Waals surface area contributed by atoms with Gasteiger partial charge in [0.25, 0.3) is 0 Å². The lowest BCUT2D eigenvalue weighted by atomic mass is 9.88. The van der Waals surface area contributed by atoms with Gasteiger partial charge < -0.3 is 20.9 Å². The van der Waals surface area contributed by atoms with Crippen molar-refractivity contribution in [1.82, 2.24) is 20.9 Å². The molecule has 2 amide bonds. The Labute approximate surface area is 202 Å². The van der Waals surface area contributed by atoms with Gasteiger partial charge in [0.05, 0.1) is 6.54 Å². The highest BCUT2D eigenvalue weighted by Gasteiger charge is 2.31. The minimum atomic E-state index is -0.0607.